The van der Waals surface area contributed by atoms with Gasteiger partial charge >= 0.3 is 79.1 Å². The Bertz CT molecular complexity index is 173. The van der Waals surface area contributed by atoms with Crippen molar-refractivity contribution >= 4 is 10.6 Å². The van der Waals surface area contributed by atoms with Crippen LogP contribution in [-0.4, -0.2) is 23.2 Å². The van der Waals surface area contributed by atoms with Crippen LogP contribution in [0.3, 0.4) is 0 Å². The number of nitrogens with two attached hydrogens (primary N) is 2. The molecule has 0 saturated heterocycles. The van der Waals surface area contributed by atoms with Crippen LogP contribution in [0.15, 0.2) is 0 Å². The Hall–Kier alpha value is -0.581. The number of carbonyl (C=O) groups is 1. The van der Waals surface area contributed by atoms with Gasteiger partial charge in [-0.3, -0.25) is 0 Å². The molecule has 0 amide bonds. The molecular formula is C6H13MnN4O. The Kier molecular flexibility index (Phi) is 5.70. The first kappa shape index (κ1) is 11.4. The van der Waals surface area contributed by atoms with Crippen LogP contribution in [0, 0.1) is 5.41 Å². The van der Waals surface area contributed by atoms with Gasteiger partial charge in [0.05, 0.1) is 0 Å². The van der Waals surface area contributed by atoms with Crippen molar-refractivity contribution in [2.45, 2.75) is 18.9 Å². The van der Waals surface area contributed by atoms with Gasteiger partial charge in [0.25, 0.3) is 0 Å². The maximum absolute atomic E-state index is 10.6. The number of hydrogen-bond donors (Lipinski definition) is 4. The first-order valence-corrected chi connectivity index (χ1v) is 4.16. The molecule has 0 bridgehead atoms. The van der Waals surface area contributed by atoms with Crippen LogP contribution in [0.5, 0.6) is 0 Å². The summed E-state index contributed by atoms with van der Waals surface area (Å²) in [5.74, 6) is -0.0614. The van der Waals surface area contributed by atoms with Crippen LogP contribution in [0.1, 0.15) is 12.8 Å². The van der Waals surface area contributed by atoms with E-state index in [-0.39, 0.29) is 10.6 Å². The van der Waals surface area contributed by atoms with E-state index in [0.29, 0.717) is 13.0 Å². The summed E-state index contributed by atoms with van der Waals surface area (Å²) >= 11 is 2.77. The molecule has 0 heterocycles. The van der Waals surface area contributed by atoms with Gasteiger partial charge in [0.2, 0.25) is 0 Å². The molecule has 1 unspecified atom stereocenters. The first-order valence-electron chi connectivity index (χ1n) is 3.57. The van der Waals surface area contributed by atoms with Crippen LogP contribution in [-0.2, 0) is 20.8 Å². The van der Waals surface area contributed by atoms with Crippen molar-refractivity contribution in [2.24, 2.45) is 11.5 Å². The van der Waals surface area contributed by atoms with Gasteiger partial charge in [-0.1, -0.05) is 0 Å². The fourth-order valence-corrected chi connectivity index (χ4v) is 0.829. The number of rotatable bonds is 5. The summed E-state index contributed by atoms with van der Waals surface area (Å²) in [6.45, 7) is 0.573. The second-order valence-corrected chi connectivity index (χ2v) is 2.97. The van der Waals surface area contributed by atoms with Gasteiger partial charge in [0, 0.05) is 0 Å². The molecule has 0 aliphatic rings. The summed E-state index contributed by atoms with van der Waals surface area (Å²) in [6.07, 6.45) is 1.31. The van der Waals surface area contributed by atoms with Crippen molar-refractivity contribution in [2.75, 3.05) is 6.54 Å². The van der Waals surface area contributed by atoms with E-state index in [1.807, 2.05) is 0 Å². The molecule has 6 heteroatoms. The second kappa shape index (κ2) is 5.99. The molecule has 70 valence electrons. The molecule has 0 aromatic rings. The molecule has 0 aliphatic heterocycles. The normalized spacial score (nSPS) is 12.2. The van der Waals surface area contributed by atoms with Crippen molar-refractivity contribution in [3.8, 4) is 0 Å². The summed E-state index contributed by atoms with van der Waals surface area (Å²) < 4.78 is -0.190. The predicted molar refractivity (Wildman–Crippen MR) is 42.1 cm³/mol. The average Bonchev–Trinajstić information content (AvgIpc) is 1.97. The number of hydrogen-bond acceptors (Lipinski definition) is 3. The molecule has 6 N–H and O–H groups in total. The average molecular weight is 212 g/mol. The van der Waals surface area contributed by atoms with Crippen LogP contribution < -0.4 is 16.8 Å². The summed E-state index contributed by atoms with van der Waals surface area (Å²) in [5, 5.41) is 9.44. The Morgan fingerprint density at radius 2 is 2.25 bits per heavy atom. The van der Waals surface area contributed by atoms with Gasteiger partial charge < -0.3 is 0 Å². The van der Waals surface area contributed by atoms with E-state index in [2.05, 4.69) is 21.3 Å². The molecule has 1 atom stereocenters. The molecular weight excluding hydrogens is 199 g/mol. The molecule has 0 aliphatic carbocycles. The third-order valence-corrected chi connectivity index (χ3v) is 1.74. The Balaban J connectivity index is 3.31. The van der Waals surface area contributed by atoms with Gasteiger partial charge in [-0.2, -0.15) is 0 Å². The van der Waals surface area contributed by atoms with E-state index < -0.39 is 6.04 Å². The second-order valence-electron chi connectivity index (χ2n) is 2.39. The zero-order chi connectivity index (χ0) is 9.56. The van der Waals surface area contributed by atoms with E-state index in [1.54, 1.807) is 0 Å². The van der Waals surface area contributed by atoms with Crippen molar-refractivity contribution in [1.29, 1.82) is 5.41 Å². The Morgan fingerprint density at radius 3 is 2.67 bits per heavy atom. The quantitative estimate of drug-likeness (QED) is 0.196. The first-order chi connectivity index (χ1) is 5.54. The maximum atomic E-state index is 10.6. The summed E-state index contributed by atoms with van der Waals surface area (Å²) in [6, 6.07) is -0.459. The number of guanidine groups is 1. The number of nitrogens with one attached hydrogen (secondary N) is 2. The van der Waals surface area contributed by atoms with Crippen molar-refractivity contribution in [3.63, 3.8) is 0 Å². The van der Waals surface area contributed by atoms with Crippen molar-refractivity contribution in [3.05, 3.63) is 0 Å². The van der Waals surface area contributed by atoms with E-state index in [0.717, 1.165) is 6.42 Å². The zero-order valence-electron chi connectivity index (χ0n) is 6.64. The van der Waals surface area contributed by atoms with Gasteiger partial charge in [-0.25, -0.2) is 0 Å². The van der Waals surface area contributed by atoms with Crippen molar-refractivity contribution < 1.29 is 20.8 Å². The van der Waals surface area contributed by atoms with Gasteiger partial charge in [-0.15, -0.1) is 0 Å². The van der Waals surface area contributed by atoms with E-state index >= 15 is 0 Å². The van der Waals surface area contributed by atoms with Gasteiger partial charge in [-0.05, 0) is 0 Å². The fourth-order valence-electron chi connectivity index (χ4n) is 0.659. The summed E-state index contributed by atoms with van der Waals surface area (Å²) in [7, 11) is 0. The SMILES string of the molecule is N=C(N)NCCCC(N)[C](=O)[Mn]. The summed E-state index contributed by atoms with van der Waals surface area (Å²) in [5.41, 5.74) is 10.5. The standard InChI is InChI=1S/C6H13N4O.Mn/c7-5(4-11)2-1-3-10-6(8)9;/h5H,1-3,7H2,(H4,8,9,10);. The zero-order valence-corrected chi connectivity index (χ0v) is 7.82. The monoisotopic (exact) mass is 212 g/mol. The molecule has 0 radical (unpaired) electrons. The molecule has 0 spiro atoms. The minimum atomic E-state index is -0.459. The van der Waals surface area contributed by atoms with Crippen molar-refractivity contribution in [1.82, 2.24) is 5.32 Å². The topological polar surface area (TPSA) is 105 Å². The minimum absolute atomic E-state index is 0.0614. The third-order valence-electron chi connectivity index (χ3n) is 1.30. The fraction of sp³-hybridized carbons (Fsp3) is 0.667. The molecule has 0 aromatic carbocycles. The molecule has 0 rings (SSSR count). The number of carbonyl (C=O) groups excluding carboxylic acids is 1. The molecule has 5 nitrogen and oxygen atoms in total. The van der Waals surface area contributed by atoms with Crippen LogP contribution >= 0.6 is 0 Å². The van der Waals surface area contributed by atoms with Gasteiger partial charge in [0.15, 0.2) is 0 Å². The molecule has 0 saturated carbocycles. The van der Waals surface area contributed by atoms with Crippen LogP contribution in [0.2, 0.25) is 0 Å². The predicted octanol–water partition coefficient (Wildman–Crippen LogP) is -1.35. The van der Waals surface area contributed by atoms with Gasteiger partial charge in [0.1, 0.15) is 0 Å². The molecule has 12 heavy (non-hydrogen) atoms. The van der Waals surface area contributed by atoms with Crippen LogP contribution in [0.25, 0.3) is 0 Å². The third kappa shape index (κ3) is 6.15. The van der Waals surface area contributed by atoms with E-state index in [4.69, 9.17) is 16.9 Å². The Labute approximate surface area is 79.6 Å². The van der Waals surface area contributed by atoms with Crippen LogP contribution in [0.4, 0.5) is 0 Å². The Morgan fingerprint density at radius 1 is 1.67 bits per heavy atom. The molecule has 0 aromatic heterocycles. The van der Waals surface area contributed by atoms with E-state index in [9.17, 15) is 4.79 Å². The summed E-state index contributed by atoms with van der Waals surface area (Å²) in [4.78, 5) is 10.6. The van der Waals surface area contributed by atoms with E-state index in [1.165, 1.54) is 0 Å². The molecule has 0 fully saturated rings.